The maximum atomic E-state index is 9.16. The Kier molecular flexibility index (Phi) is 4.47. The van der Waals surface area contributed by atoms with E-state index in [4.69, 9.17) is 10.2 Å². The molecule has 3 N–H and O–H groups in total. The summed E-state index contributed by atoms with van der Waals surface area (Å²) in [6.07, 6.45) is 0.846. The third-order valence-corrected chi connectivity index (χ3v) is 4.50. The summed E-state index contributed by atoms with van der Waals surface area (Å²) in [4.78, 5) is 12.9. The summed E-state index contributed by atoms with van der Waals surface area (Å²) < 4.78 is 0. The smallest absolute Gasteiger partial charge is 0.184 e. The number of nitrogens with zero attached hydrogens (tertiary/aromatic N) is 4. The number of hydrogen-bond donors (Lipinski definition) is 3. The average molecular weight is 373 g/mol. The number of nitrogens with one attached hydrogen (secondary N) is 3. The lowest BCUT2D eigenvalue weighted by Gasteiger charge is -2.12. The highest BCUT2D eigenvalue weighted by Crippen LogP contribution is 2.32. The highest BCUT2D eigenvalue weighted by Gasteiger charge is 2.17. The minimum atomic E-state index is 0.216. The summed E-state index contributed by atoms with van der Waals surface area (Å²) in [6.45, 7) is 8.46. The van der Waals surface area contributed by atoms with E-state index >= 15 is 0 Å². The van der Waals surface area contributed by atoms with Gasteiger partial charge in [0.25, 0.3) is 0 Å². The maximum Gasteiger partial charge on any atom is 0.184 e. The molecule has 4 rings (SSSR count). The summed E-state index contributed by atoms with van der Waals surface area (Å²) in [5.41, 5.74) is 4.12. The Morgan fingerprint density at radius 1 is 1.11 bits per heavy atom. The van der Waals surface area contributed by atoms with Crippen LogP contribution in [-0.2, 0) is 6.42 Å². The second-order valence-corrected chi connectivity index (χ2v) is 7.78. The summed E-state index contributed by atoms with van der Waals surface area (Å²) in [7, 11) is 0. The van der Waals surface area contributed by atoms with Crippen LogP contribution in [0.5, 0.6) is 0 Å². The van der Waals surface area contributed by atoms with Crippen molar-refractivity contribution in [2.24, 2.45) is 5.92 Å². The van der Waals surface area contributed by atoms with Gasteiger partial charge in [-0.25, -0.2) is 9.97 Å². The number of fused-ring (bicyclic) bond motifs is 3. The predicted molar refractivity (Wildman–Crippen MR) is 111 cm³/mol. The zero-order chi connectivity index (χ0) is 19.8. The predicted octanol–water partition coefficient (Wildman–Crippen LogP) is 4.39. The van der Waals surface area contributed by atoms with Gasteiger partial charge in [0.2, 0.25) is 0 Å². The van der Waals surface area contributed by atoms with Gasteiger partial charge in [0.15, 0.2) is 5.82 Å². The molecule has 7 heteroatoms. The molecule has 0 saturated heterocycles. The van der Waals surface area contributed by atoms with Crippen molar-refractivity contribution in [1.82, 2.24) is 25.1 Å². The van der Waals surface area contributed by atoms with Crippen LogP contribution in [0.2, 0.25) is 0 Å². The first-order chi connectivity index (χ1) is 13.4. The lowest BCUT2D eigenvalue weighted by molar-refractivity contribution is 0.622. The molecule has 0 saturated carbocycles. The van der Waals surface area contributed by atoms with Crippen LogP contribution in [-0.4, -0.2) is 31.2 Å². The van der Waals surface area contributed by atoms with Gasteiger partial charge in [0, 0.05) is 23.4 Å². The van der Waals surface area contributed by atoms with E-state index in [2.05, 4.69) is 59.2 Å². The standard InChI is InChI=1S/C21H23N7/c1-11(2)7-18-25-21(28-27-18)15-9-17-19(26-20(15)23-12(3)4)14-6-5-13(10-22)8-16(14)24-17/h5-6,8-9,11-12,24H,7H2,1-4H3,(H,23,26)(H,25,27,28). The Morgan fingerprint density at radius 2 is 1.93 bits per heavy atom. The van der Waals surface area contributed by atoms with Crippen molar-refractivity contribution in [3.05, 3.63) is 35.7 Å². The zero-order valence-corrected chi connectivity index (χ0v) is 16.5. The van der Waals surface area contributed by atoms with E-state index in [-0.39, 0.29) is 6.04 Å². The second-order valence-electron chi connectivity index (χ2n) is 7.78. The lowest BCUT2D eigenvalue weighted by atomic mass is 10.1. The van der Waals surface area contributed by atoms with Crippen molar-refractivity contribution < 1.29 is 0 Å². The van der Waals surface area contributed by atoms with Crippen molar-refractivity contribution in [2.75, 3.05) is 5.32 Å². The fourth-order valence-corrected chi connectivity index (χ4v) is 3.33. The van der Waals surface area contributed by atoms with Crippen LogP contribution in [0.15, 0.2) is 24.3 Å². The molecule has 4 aromatic rings. The van der Waals surface area contributed by atoms with E-state index in [9.17, 15) is 0 Å². The molecule has 7 nitrogen and oxygen atoms in total. The SMILES string of the molecule is CC(C)Cc1nc(-c2cc3[nH]c4cc(C#N)ccc4c3nc2NC(C)C)n[nH]1. The van der Waals surface area contributed by atoms with Crippen LogP contribution in [0, 0.1) is 17.2 Å². The van der Waals surface area contributed by atoms with E-state index in [0.29, 0.717) is 17.3 Å². The minimum Gasteiger partial charge on any atom is -0.367 e. The topological polar surface area (TPSA) is 106 Å². The van der Waals surface area contributed by atoms with E-state index in [1.807, 2.05) is 24.3 Å². The molecule has 0 bridgehead atoms. The number of hydrogen-bond acceptors (Lipinski definition) is 5. The molecule has 28 heavy (non-hydrogen) atoms. The molecule has 0 aliphatic heterocycles. The average Bonchev–Trinajstić information content (AvgIpc) is 3.23. The Balaban J connectivity index is 1.89. The number of aromatic amines is 2. The van der Waals surface area contributed by atoms with Crippen LogP contribution < -0.4 is 5.32 Å². The molecule has 3 aromatic heterocycles. The molecule has 0 unspecified atom stereocenters. The molecular weight excluding hydrogens is 350 g/mol. The molecule has 0 amide bonds. The second kappa shape index (κ2) is 6.97. The molecular formula is C21H23N7. The van der Waals surface area contributed by atoms with Crippen LogP contribution >= 0.6 is 0 Å². The van der Waals surface area contributed by atoms with Gasteiger partial charge in [0.1, 0.15) is 11.6 Å². The molecule has 0 aliphatic rings. The van der Waals surface area contributed by atoms with Crippen LogP contribution in [0.25, 0.3) is 33.3 Å². The van der Waals surface area contributed by atoms with Crippen LogP contribution in [0.4, 0.5) is 5.82 Å². The van der Waals surface area contributed by atoms with E-state index in [0.717, 1.165) is 45.6 Å². The van der Waals surface area contributed by atoms with Gasteiger partial charge in [-0.1, -0.05) is 13.8 Å². The van der Waals surface area contributed by atoms with Gasteiger partial charge in [-0.3, -0.25) is 5.10 Å². The first kappa shape index (κ1) is 18.0. The Hall–Kier alpha value is -3.40. The number of benzene rings is 1. The minimum absolute atomic E-state index is 0.216. The van der Waals surface area contributed by atoms with Gasteiger partial charge < -0.3 is 10.3 Å². The molecule has 0 radical (unpaired) electrons. The van der Waals surface area contributed by atoms with Crippen molar-refractivity contribution in [2.45, 2.75) is 40.2 Å². The van der Waals surface area contributed by atoms with Gasteiger partial charge in [-0.2, -0.15) is 10.4 Å². The molecule has 0 aliphatic carbocycles. The quantitative estimate of drug-likeness (QED) is 0.481. The van der Waals surface area contributed by atoms with Crippen molar-refractivity contribution >= 4 is 27.8 Å². The monoisotopic (exact) mass is 373 g/mol. The molecule has 0 spiro atoms. The highest BCUT2D eigenvalue weighted by molar-refractivity contribution is 6.07. The van der Waals surface area contributed by atoms with Crippen molar-refractivity contribution in [3.63, 3.8) is 0 Å². The Labute approximate surface area is 163 Å². The third kappa shape index (κ3) is 3.29. The molecule has 142 valence electrons. The van der Waals surface area contributed by atoms with Crippen LogP contribution in [0.1, 0.15) is 39.1 Å². The Bertz CT molecular complexity index is 1190. The first-order valence-corrected chi connectivity index (χ1v) is 9.49. The number of H-pyrrole nitrogens is 2. The number of rotatable bonds is 5. The van der Waals surface area contributed by atoms with Crippen molar-refractivity contribution in [3.8, 4) is 17.5 Å². The summed E-state index contributed by atoms with van der Waals surface area (Å²) >= 11 is 0. The van der Waals surface area contributed by atoms with Gasteiger partial charge >= 0.3 is 0 Å². The zero-order valence-electron chi connectivity index (χ0n) is 16.5. The Morgan fingerprint density at radius 3 is 2.64 bits per heavy atom. The third-order valence-electron chi connectivity index (χ3n) is 4.50. The van der Waals surface area contributed by atoms with E-state index in [1.54, 1.807) is 0 Å². The van der Waals surface area contributed by atoms with Gasteiger partial charge in [-0.15, -0.1) is 0 Å². The maximum absolute atomic E-state index is 9.16. The summed E-state index contributed by atoms with van der Waals surface area (Å²) in [6, 6.07) is 10.0. The lowest BCUT2D eigenvalue weighted by Crippen LogP contribution is -2.12. The number of anilines is 1. The van der Waals surface area contributed by atoms with Gasteiger partial charge in [-0.05, 0) is 44.0 Å². The van der Waals surface area contributed by atoms with Crippen LogP contribution in [0.3, 0.4) is 0 Å². The highest BCUT2D eigenvalue weighted by atomic mass is 15.2. The van der Waals surface area contributed by atoms with E-state index < -0.39 is 0 Å². The number of nitriles is 1. The number of pyridine rings is 1. The molecule has 0 atom stereocenters. The molecule has 1 aromatic carbocycles. The largest absolute Gasteiger partial charge is 0.367 e. The fraction of sp³-hybridized carbons (Fsp3) is 0.333. The van der Waals surface area contributed by atoms with E-state index in [1.165, 1.54) is 0 Å². The summed E-state index contributed by atoms with van der Waals surface area (Å²) in [5, 5.41) is 21.0. The van der Waals surface area contributed by atoms with Gasteiger partial charge in [0.05, 0.1) is 28.2 Å². The number of aromatic nitrogens is 5. The fourth-order valence-electron chi connectivity index (χ4n) is 3.33. The first-order valence-electron chi connectivity index (χ1n) is 9.49. The molecule has 3 heterocycles. The normalized spacial score (nSPS) is 11.6. The van der Waals surface area contributed by atoms with Crippen molar-refractivity contribution in [1.29, 1.82) is 5.26 Å². The summed E-state index contributed by atoms with van der Waals surface area (Å²) in [5.74, 6) is 2.75. The molecule has 0 fully saturated rings.